The zero-order valence-electron chi connectivity index (χ0n) is 19.0. The van der Waals surface area contributed by atoms with Gasteiger partial charge in [-0.2, -0.15) is 0 Å². The first-order chi connectivity index (χ1) is 14.5. The zero-order chi connectivity index (χ0) is 20.5. The number of carbonyl (C=O) groups excluding carboxylic acids is 1. The van der Waals surface area contributed by atoms with Crippen LogP contribution in [0.25, 0.3) is 0 Å². The van der Waals surface area contributed by atoms with Gasteiger partial charge in [-0.05, 0) is 77.0 Å². The van der Waals surface area contributed by atoms with Gasteiger partial charge in [0.1, 0.15) is 11.7 Å². The molecule has 4 heterocycles. The fourth-order valence-electron chi connectivity index (χ4n) is 8.47. The average molecular weight is 417 g/mol. The Labute approximate surface area is 181 Å². The van der Waals surface area contributed by atoms with E-state index in [4.69, 9.17) is 9.47 Å². The van der Waals surface area contributed by atoms with Crippen molar-refractivity contribution in [2.24, 2.45) is 23.2 Å². The van der Waals surface area contributed by atoms with E-state index in [0.29, 0.717) is 5.92 Å². The lowest BCUT2D eigenvalue weighted by Crippen LogP contribution is -2.55. The number of piperidine rings is 2. The molecule has 4 aliphatic heterocycles. The van der Waals surface area contributed by atoms with Gasteiger partial charge in [-0.3, -0.25) is 4.79 Å². The van der Waals surface area contributed by atoms with E-state index < -0.39 is 0 Å². The van der Waals surface area contributed by atoms with Crippen LogP contribution in [0.2, 0.25) is 0 Å². The van der Waals surface area contributed by atoms with Crippen LogP contribution in [0.1, 0.15) is 71.6 Å². The van der Waals surface area contributed by atoms with Crippen LogP contribution in [-0.2, 0) is 14.3 Å². The molecule has 0 radical (unpaired) electrons. The molecule has 2 saturated carbocycles. The third-order valence-electron chi connectivity index (χ3n) is 10.1. The second-order valence-corrected chi connectivity index (χ2v) is 11.7. The predicted octanol–water partition coefficient (Wildman–Crippen LogP) is 3.46. The number of hydrogen-bond acceptors (Lipinski definition) is 5. The molecule has 30 heavy (non-hydrogen) atoms. The van der Waals surface area contributed by atoms with E-state index in [0.717, 1.165) is 32.1 Å². The minimum atomic E-state index is 0.0181. The fraction of sp³-hybridized carbons (Fsp3) is 0.960. The lowest BCUT2D eigenvalue weighted by molar-refractivity contribution is -0.146. The Morgan fingerprint density at radius 3 is 2.57 bits per heavy atom. The Balaban J connectivity index is 1.12. The number of rotatable bonds is 3. The first kappa shape index (κ1) is 20.0. The standard InChI is InChI=1S/C25H40N2O3/c1-17-7-6-10-24(2)15-20-21(22-25(17,24)30-22)19(23(28)29-20)16-26-13-8-18(9-14-26)27-11-4-3-5-12-27/h17-22H,3-16H2,1-2H3. The van der Waals surface area contributed by atoms with Crippen LogP contribution in [0.5, 0.6) is 0 Å². The molecule has 0 amide bonds. The van der Waals surface area contributed by atoms with E-state index >= 15 is 0 Å². The highest BCUT2D eigenvalue weighted by molar-refractivity contribution is 5.76. The van der Waals surface area contributed by atoms with Gasteiger partial charge in [0.25, 0.3) is 0 Å². The number of epoxide rings is 1. The molecule has 1 spiro atoms. The van der Waals surface area contributed by atoms with Crippen molar-refractivity contribution in [2.75, 3.05) is 32.7 Å². The van der Waals surface area contributed by atoms with Crippen molar-refractivity contribution < 1.29 is 14.3 Å². The third kappa shape index (κ3) is 2.87. The van der Waals surface area contributed by atoms with Crippen molar-refractivity contribution in [1.82, 2.24) is 9.80 Å². The molecule has 168 valence electrons. The summed E-state index contributed by atoms with van der Waals surface area (Å²) in [6, 6.07) is 0.762. The van der Waals surface area contributed by atoms with Crippen LogP contribution in [0.3, 0.4) is 0 Å². The Bertz CT molecular complexity index is 686. The SMILES string of the molecule is CC1CCCC2(C)CC3OC(=O)C(CN4CCC(N5CCCCC5)CC4)C3C3OC132. The van der Waals surface area contributed by atoms with Crippen LogP contribution >= 0.6 is 0 Å². The summed E-state index contributed by atoms with van der Waals surface area (Å²) in [4.78, 5) is 18.3. The van der Waals surface area contributed by atoms with E-state index in [1.807, 2.05) is 0 Å². The normalized spacial score (nSPS) is 49.8. The summed E-state index contributed by atoms with van der Waals surface area (Å²) in [6.45, 7) is 10.5. The van der Waals surface area contributed by atoms with Crippen molar-refractivity contribution in [3.8, 4) is 0 Å². The highest BCUT2D eigenvalue weighted by Crippen LogP contribution is 2.70. The maximum Gasteiger partial charge on any atom is 0.311 e. The number of nitrogens with zero attached hydrogens (tertiary/aromatic N) is 2. The molecule has 0 aromatic carbocycles. The van der Waals surface area contributed by atoms with Gasteiger partial charge < -0.3 is 19.3 Å². The Kier molecular flexibility index (Phi) is 4.78. The molecule has 0 aromatic rings. The van der Waals surface area contributed by atoms with E-state index in [-0.39, 0.29) is 41.0 Å². The van der Waals surface area contributed by atoms with E-state index in [1.54, 1.807) is 0 Å². The fourth-order valence-corrected chi connectivity index (χ4v) is 8.47. The van der Waals surface area contributed by atoms with Crippen LogP contribution in [0.4, 0.5) is 0 Å². The summed E-state index contributed by atoms with van der Waals surface area (Å²) >= 11 is 0. The van der Waals surface area contributed by atoms with Gasteiger partial charge in [-0.15, -0.1) is 0 Å². The summed E-state index contributed by atoms with van der Waals surface area (Å²) < 4.78 is 12.6. The largest absolute Gasteiger partial charge is 0.462 e. The average Bonchev–Trinajstić information content (AvgIpc) is 3.44. The predicted molar refractivity (Wildman–Crippen MR) is 115 cm³/mol. The quantitative estimate of drug-likeness (QED) is 0.521. The lowest BCUT2D eigenvalue weighted by atomic mass is 9.53. The molecular weight excluding hydrogens is 376 g/mol. The molecule has 7 unspecified atom stereocenters. The van der Waals surface area contributed by atoms with Gasteiger partial charge in [0, 0.05) is 23.9 Å². The summed E-state index contributed by atoms with van der Waals surface area (Å²) in [5.74, 6) is 0.970. The summed E-state index contributed by atoms with van der Waals surface area (Å²) in [5, 5.41) is 0. The van der Waals surface area contributed by atoms with Crippen molar-refractivity contribution >= 4 is 5.97 Å². The van der Waals surface area contributed by atoms with Gasteiger partial charge in [0.15, 0.2) is 0 Å². The summed E-state index contributed by atoms with van der Waals surface area (Å²) in [6.07, 6.45) is 11.8. The molecule has 2 aliphatic carbocycles. The molecule has 6 aliphatic rings. The first-order valence-electron chi connectivity index (χ1n) is 12.9. The number of carbonyl (C=O) groups is 1. The van der Waals surface area contributed by atoms with Crippen LogP contribution in [0, 0.1) is 23.2 Å². The van der Waals surface area contributed by atoms with Gasteiger partial charge in [0.05, 0.1) is 12.0 Å². The van der Waals surface area contributed by atoms with Crippen molar-refractivity contribution in [3.05, 3.63) is 0 Å². The van der Waals surface area contributed by atoms with E-state index in [2.05, 4.69) is 23.6 Å². The third-order valence-corrected chi connectivity index (χ3v) is 10.1. The minimum Gasteiger partial charge on any atom is -0.462 e. The maximum atomic E-state index is 13.0. The topological polar surface area (TPSA) is 45.3 Å². The molecule has 0 aromatic heterocycles. The molecule has 0 bridgehead atoms. The number of ether oxygens (including phenoxy) is 2. The maximum absolute atomic E-state index is 13.0. The molecule has 4 saturated heterocycles. The van der Waals surface area contributed by atoms with E-state index in [1.165, 1.54) is 64.5 Å². The minimum absolute atomic E-state index is 0.0181. The van der Waals surface area contributed by atoms with Crippen molar-refractivity contribution in [2.45, 2.75) is 95.5 Å². The number of esters is 1. The Hall–Kier alpha value is -0.650. The highest BCUT2D eigenvalue weighted by atomic mass is 16.6. The molecule has 6 fully saturated rings. The van der Waals surface area contributed by atoms with E-state index in [9.17, 15) is 4.79 Å². The molecule has 7 atom stereocenters. The molecule has 6 rings (SSSR count). The second kappa shape index (κ2) is 7.18. The van der Waals surface area contributed by atoms with Gasteiger partial charge >= 0.3 is 5.97 Å². The second-order valence-electron chi connectivity index (χ2n) is 11.7. The van der Waals surface area contributed by atoms with Crippen molar-refractivity contribution in [1.29, 1.82) is 0 Å². The van der Waals surface area contributed by atoms with Gasteiger partial charge in [-0.1, -0.05) is 26.7 Å². The number of likely N-dealkylation sites (tertiary alicyclic amines) is 2. The Morgan fingerprint density at radius 1 is 1.03 bits per heavy atom. The summed E-state index contributed by atoms with van der Waals surface area (Å²) in [7, 11) is 0. The summed E-state index contributed by atoms with van der Waals surface area (Å²) in [5.41, 5.74) is 0.221. The van der Waals surface area contributed by atoms with Crippen LogP contribution in [0.15, 0.2) is 0 Å². The smallest absolute Gasteiger partial charge is 0.311 e. The van der Waals surface area contributed by atoms with Gasteiger partial charge in [-0.25, -0.2) is 0 Å². The molecule has 5 heteroatoms. The van der Waals surface area contributed by atoms with Gasteiger partial charge in [0.2, 0.25) is 0 Å². The van der Waals surface area contributed by atoms with Crippen LogP contribution in [-0.4, -0.2) is 72.3 Å². The molecular formula is C25H40N2O3. The van der Waals surface area contributed by atoms with Crippen LogP contribution < -0.4 is 0 Å². The Morgan fingerprint density at radius 2 is 1.80 bits per heavy atom. The monoisotopic (exact) mass is 416 g/mol. The molecule has 0 N–H and O–H groups in total. The number of fused-ring (bicyclic) bond motifs is 2. The highest BCUT2D eigenvalue weighted by Gasteiger charge is 2.78. The molecule has 5 nitrogen and oxygen atoms in total. The van der Waals surface area contributed by atoms with Crippen molar-refractivity contribution in [3.63, 3.8) is 0 Å². The zero-order valence-corrected chi connectivity index (χ0v) is 19.0. The lowest BCUT2D eigenvalue weighted by Gasteiger charge is -2.49. The first-order valence-corrected chi connectivity index (χ1v) is 12.9. The number of hydrogen-bond donors (Lipinski definition) is 0.